The SMILES string of the molecule is CCn1nc(-c2ccccc2)c(-c2ccccc2)c(C(=O)NCC(=O)O)c1=O. The van der Waals surface area contributed by atoms with Crippen molar-refractivity contribution in [1.29, 1.82) is 0 Å². The van der Waals surface area contributed by atoms with E-state index in [1.54, 1.807) is 31.2 Å². The Morgan fingerprint density at radius 1 is 1.00 bits per heavy atom. The standard InChI is InChI=1S/C21H19N3O4/c1-2-24-21(28)18(20(27)22-13-16(25)26)17(14-9-5-3-6-10-14)19(23-24)15-11-7-4-8-12-15/h3-12H,2,13H2,1H3,(H,22,27)(H,25,26). The first-order valence-electron chi connectivity index (χ1n) is 8.79. The molecule has 1 amide bonds. The number of aromatic nitrogens is 2. The smallest absolute Gasteiger partial charge is 0.322 e. The van der Waals surface area contributed by atoms with E-state index in [0.29, 0.717) is 16.8 Å². The molecule has 0 fully saturated rings. The maximum Gasteiger partial charge on any atom is 0.322 e. The number of nitrogens with zero attached hydrogens (tertiary/aromatic N) is 2. The Morgan fingerprint density at radius 2 is 1.57 bits per heavy atom. The Labute approximate surface area is 161 Å². The van der Waals surface area contributed by atoms with E-state index in [1.807, 2.05) is 36.4 Å². The molecule has 0 radical (unpaired) electrons. The lowest BCUT2D eigenvalue weighted by molar-refractivity contribution is -0.135. The van der Waals surface area contributed by atoms with Crippen molar-refractivity contribution in [1.82, 2.24) is 15.1 Å². The van der Waals surface area contributed by atoms with E-state index in [0.717, 1.165) is 5.56 Å². The molecule has 7 nitrogen and oxygen atoms in total. The lowest BCUT2D eigenvalue weighted by atomic mass is 9.95. The van der Waals surface area contributed by atoms with Gasteiger partial charge in [0.25, 0.3) is 11.5 Å². The van der Waals surface area contributed by atoms with Crippen molar-refractivity contribution < 1.29 is 14.7 Å². The van der Waals surface area contributed by atoms with Crippen LogP contribution < -0.4 is 10.9 Å². The number of nitrogens with one attached hydrogen (secondary N) is 1. The highest BCUT2D eigenvalue weighted by atomic mass is 16.4. The van der Waals surface area contributed by atoms with Gasteiger partial charge in [-0.05, 0) is 12.5 Å². The van der Waals surface area contributed by atoms with Gasteiger partial charge in [0.2, 0.25) is 0 Å². The number of hydrogen-bond donors (Lipinski definition) is 2. The first-order valence-corrected chi connectivity index (χ1v) is 8.79. The van der Waals surface area contributed by atoms with E-state index in [-0.39, 0.29) is 12.1 Å². The van der Waals surface area contributed by atoms with E-state index in [2.05, 4.69) is 10.4 Å². The number of amides is 1. The molecule has 0 bridgehead atoms. The second-order valence-corrected chi connectivity index (χ2v) is 6.03. The van der Waals surface area contributed by atoms with Gasteiger partial charge in [0.1, 0.15) is 12.1 Å². The first-order chi connectivity index (χ1) is 13.5. The molecule has 1 aromatic heterocycles. The average molecular weight is 377 g/mol. The van der Waals surface area contributed by atoms with Gasteiger partial charge in [-0.3, -0.25) is 14.4 Å². The molecule has 0 saturated carbocycles. The lowest BCUT2D eigenvalue weighted by Gasteiger charge is -2.16. The van der Waals surface area contributed by atoms with E-state index in [1.165, 1.54) is 4.68 Å². The van der Waals surface area contributed by atoms with Crippen molar-refractivity contribution in [3.05, 3.63) is 76.6 Å². The quantitative estimate of drug-likeness (QED) is 0.687. The van der Waals surface area contributed by atoms with Crippen LogP contribution in [0.2, 0.25) is 0 Å². The minimum atomic E-state index is -1.19. The average Bonchev–Trinajstić information content (AvgIpc) is 2.72. The van der Waals surface area contributed by atoms with Gasteiger partial charge < -0.3 is 10.4 Å². The fourth-order valence-electron chi connectivity index (χ4n) is 2.92. The van der Waals surface area contributed by atoms with Crippen molar-refractivity contribution in [2.24, 2.45) is 0 Å². The molecule has 142 valence electrons. The summed E-state index contributed by atoms with van der Waals surface area (Å²) >= 11 is 0. The van der Waals surface area contributed by atoms with Gasteiger partial charge in [0.05, 0.1) is 5.69 Å². The summed E-state index contributed by atoms with van der Waals surface area (Å²) in [5.41, 5.74) is 1.57. The molecule has 0 atom stereocenters. The number of carboxylic acids is 1. The summed E-state index contributed by atoms with van der Waals surface area (Å²) in [7, 11) is 0. The summed E-state index contributed by atoms with van der Waals surface area (Å²) in [6, 6.07) is 18.2. The third-order valence-corrected chi connectivity index (χ3v) is 4.19. The molecule has 2 N–H and O–H groups in total. The summed E-state index contributed by atoms with van der Waals surface area (Å²) in [6.45, 7) is 1.44. The third-order valence-electron chi connectivity index (χ3n) is 4.19. The monoisotopic (exact) mass is 377 g/mol. The molecule has 3 aromatic rings. The third kappa shape index (κ3) is 3.83. The van der Waals surface area contributed by atoms with E-state index >= 15 is 0 Å². The zero-order chi connectivity index (χ0) is 20.1. The number of aryl methyl sites for hydroxylation is 1. The second kappa shape index (κ2) is 8.30. The van der Waals surface area contributed by atoms with Gasteiger partial charge in [0, 0.05) is 17.7 Å². The first kappa shape index (κ1) is 19.0. The van der Waals surface area contributed by atoms with Gasteiger partial charge in [0.15, 0.2) is 0 Å². The van der Waals surface area contributed by atoms with Crippen LogP contribution in [0.4, 0.5) is 0 Å². The molecule has 2 aromatic carbocycles. The minimum absolute atomic E-state index is 0.122. The van der Waals surface area contributed by atoms with Crippen LogP contribution in [0.3, 0.4) is 0 Å². The predicted octanol–water partition coefficient (Wildman–Crippen LogP) is 2.41. The largest absolute Gasteiger partial charge is 0.480 e. The van der Waals surface area contributed by atoms with Crippen LogP contribution >= 0.6 is 0 Å². The van der Waals surface area contributed by atoms with E-state index in [4.69, 9.17) is 5.11 Å². The molecule has 3 rings (SSSR count). The topological polar surface area (TPSA) is 101 Å². The van der Waals surface area contributed by atoms with Gasteiger partial charge in [-0.15, -0.1) is 0 Å². The van der Waals surface area contributed by atoms with Gasteiger partial charge in [-0.2, -0.15) is 5.10 Å². The van der Waals surface area contributed by atoms with Crippen LogP contribution in [0.1, 0.15) is 17.3 Å². The van der Waals surface area contributed by atoms with Gasteiger partial charge in [-0.1, -0.05) is 60.7 Å². The van der Waals surface area contributed by atoms with Crippen LogP contribution in [0, 0.1) is 0 Å². The number of benzene rings is 2. The summed E-state index contributed by atoms with van der Waals surface area (Å²) in [5, 5.41) is 15.7. The molecule has 1 heterocycles. The van der Waals surface area contributed by atoms with E-state index < -0.39 is 24.0 Å². The van der Waals surface area contributed by atoms with E-state index in [9.17, 15) is 14.4 Å². The maximum atomic E-state index is 13.0. The molecule has 0 aliphatic carbocycles. The maximum absolute atomic E-state index is 13.0. The molecule has 7 heteroatoms. The molecule has 0 spiro atoms. The van der Waals surface area contributed by atoms with Crippen molar-refractivity contribution in [3.63, 3.8) is 0 Å². The fourth-order valence-corrected chi connectivity index (χ4v) is 2.92. The van der Waals surface area contributed by atoms with Crippen LogP contribution in [0.15, 0.2) is 65.5 Å². The summed E-state index contributed by atoms with van der Waals surface area (Å²) in [6.07, 6.45) is 0. The molecule has 0 aliphatic heterocycles. The van der Waals surface area contributed by atoms with Crippen molar-refractivity contribution >= 4 is 11.9 Å². The van der Waals surface area contributed by atoms with Gasteiger partial charge >= 0.3 is 5.97 Å². The molecular weight excluding hydrogens is 358 g/mol. The van der Waals surface area contributed by atoms with Crippen LogP contribution in [0.25, 0.3) is 22.4 Å². The Morgan fingerprint density at radius 3 is 2.11 bits per heavy atom. The molecular formula is C21H19N3O4. The highest BCUT2D eigenvalue weighted by molar-refractivity contribution is 6.04. The van der Waals surface area contributed by atoms with Crippen molar-refractivity contribution in [3.8, 4) is 22.4 Å². The normalized spacial score (nSPS) is 10.5. The van der Waals surface area contributed by atoms with Gasteiger partial charge in [-0.25, -0.2) is 4.68 Å². The lowest BCUT2D eigenvalue weighted by Crippen LogP contribution is -2.37. The number of rotatable bonds is 6. The number of hydrogen-bond acceptors (Lipinski definition) is 4. The Balaban J connectivity index is 2.34. The Hall–Kier alpha value is -3.74. The van der Waals surface area contributed by atoms with Crippen LogP contribution in [-0.4, -0.2) is 33.3 Å². The van der Waals surface area contributed by atoms with Crippen LogP contribution in [-0.2, 0) is 11.3 Å². The Bertz CT molecular complexity index is 1060. The molecule has 0 aliphatic rings. The predicted molar refractivity (Wildman–Crippen MR) is 105 cm³/mol. The molecule has 0 unspecified atom stereocenters. The number of carbonyl (C=O) groups excluding carboxylic acids is 1. The van der Waals surface area contributed by atoms with Crippen molar-refractivity contribution in [2.45, 2.75) is 13.5 Å². The zero-order valence-electron chi connectivity index (χ0n) is 15.3. The molecule has 28 heavy (non-hydrogen) atoms. The summed E-state index contributed by atoms with van der Waals surface area (Å²) in [4.78, 5) is 36.6. The highest BCUT2D eigenvalue weighted by Gasteiger charge is 2.25. The number of carbonyl (C=O) groups is 2. The zero-order valence-corrected chi connectivity index (χ0v) is 15.3. The second-order valence-electron chi connectivity index (χ2n) is 6.03. The van der Waals surface area contributed by atoms with Crippen LogP contribution in [0.5, 0.6) is 0 Å². The molecule has 0 saturated heterocycles. The number of carboxylic acid groups (broad SMARTS) is 1. The fraction of sp³-hybridized carbons (Fsp3) is 0.143. The summed E-state index contributed by atoms with van der Waals surface area (Å²) in [5.74, 6) is -1.93. The minimum Gasteiger partial charge on any atom is -0.480 e. The Kier molecular flexibility index (Phi) is 5.64. The number of aliphatic carboxylic acids is 1. The summed E-state index contributed by atoms with van der Waals surface area (Å²) < 4.78 is 1.21. The van der Waals surface area contributed by atoms with Crippen molar-refractivity contribution in [2.75, 3.05) is 6.54 Å². The highest BCUT2D eigenvalue weighted by Crippen LogP contribution is 2.31.